The normalized spacial score (nSPS) is 18.5. The summed E-state index contributed by atoms with van der Waals surface area (Å²) in [5.74, 6) is 0.741. The van der Waals surface area contributed by atoms with Crippen molar-refractivity contribution < 1.29 is 14.3 Å². The van der Waals surface area contributed by atoms with Gasteiger partial charge in [0.1, 0.15) is 11.5 Å². The minimum atomic E-state index is -0.362. The van der Waals surface area contributed by atoms with Crippen molar-refractivity contribution in [1.82, 2.24) is 0 Å². The topological polar surface area (TPSA) is 61.6 Å². The number of hydrogen-bond donors (Lipinski definition) is 1. The molecular weight excluding hydrogens is 350 g/mol. The fraction of sp³-hybridized carbons (Fsp3) is 0.208. The molecule has 1 aliphatic carbocycles. The lowest BCUT2D eigenvalue weighted by atomic mass is 9.79. The molecular formula is C24H23NO3. The summed E-state index contributed by atoms with van der Waals surface area (Å²) >= 11 is 0. The molecule has 0 heterocycles. The minimum absolute atomic E-state index is 0.0910. The van der Waals surface area contributed by atoms with Crippen molar-refractivity contribution in [1.29, 1.82) is 0 Å². The second-order valence-corrected chi connectivity index (χ2v) is 7.06. The summed E-state index contributed by atoms with van der Waals surface area (Å²) in [7, 11) is 3.29. The molecule has 0 bridgehead atoms. The molecule has 4 rings (SSSR count). The number of ether oxygens (including phenoxy) is 2. The average molecular weight is 373 g/mol. The summed E-state index contributed by atoms with van der Waals surface area (Å²) in [4.78, 5) is 12.7. The molecule has 0 spiro atoms. The second kappa shape index (κ2) is 7.39. The zero-order chi connectivity index (χ0) is 19.7. The number of hydrogen-bond acceptors (Lipinski definition) is 3. The zero-order valence-electron chi connectivity index (χ0n) is 16.0. The van der Waals surface area contributed by atoms with Crippen LogP contribution in [-0.4, -0.2) is 20.1 Å². The van der Waals surface area contributed by atoms with Crippen LogP contribution in [0.15, 0.2) is 72.8 Å². The van der Waals surface area contributed by atoms with Crippen LogP contribution < -0.4 is 15.2 Å². The number of nitrogens with two attached hydrogens (primary N) is 1. The van der Waals surface area contributed by atoms with Crippen LogP contribution in [0.4, 0.5) is 0 Å². The van der Waals surface area contributed by atoms with Crippen molar-refractivity contribution in [3.8, 4) is 11.5 Å². The molecule has 3 aromatic carbocycles. The first-order valence-electron chi connectivity index (χ1n) is 9.30. The van der Waals surface area contributed by atoms with E-state index in [2.05, 4.69) is 12.1 Å². The lowest BCUT2D eigenvalue weighted by Gasteiger charge is -2.24. The van der Waals surface area contributed by atoms with Crippen LogP contribution in [0, 0.1) is 5.92 Å². The van der Waals surface area contributed by atoms with Crippen LogP contribution in [0.2, 0.25) is 0 Å². The number of methoxy groups -OCH3 is 2. The highest BCUT2D eigenvalue weighted by Crippen LogP contribution is 2.52. The highest BCUT2D eigenvalue weighted by atomic mass is 16.5. The van der Waals surface area contributed by atoms with Crippen molar-refractivity contribution in [3.63, 3.8) is 0 Å². The molecule has 1 aliphatic rings. The summed E-state index contributed by atoms with van der Waals surface area (Å²) in [6.07, 6.45) is 0. The third kappa shape index (κ3) is 3.01. The number of rotatable bonds is 5. The molecule has 3 aromatic rings. The maximum Gasteiger partial charge on any atom is 0.222 e. The first-order chi connectivity index (χ1) is 13.6. The fourth-order valence-electron chi connectivity index (χ4n) is 4.38. The van der Waals surface area contributed by atoms with Gasteiger partial charge in [-0.1, -0.05) is 48.5 Å². The lowest BCUT2D eigenvalue weighted by Crippen LogP contribution is -2.30. The summed E-state index contributed by atoms with van der Waals surface area (Å²) in [5, 5.41) is 0. The Morgan fingerprint density at radius 1 is 0.714 bits per heavy atom. The van der Waals surface area contributed by atoms with Gasteiger partial charge < -0.3 is 15.2 Å². The highest BCUT2D eigenvalue weighted by molar-refractivity contribution is 5.82. The molecule has 0 saturated carbocycles. The monoisotopic (exact) mass is 373 g/mol. The Morgan fingerprint density at radius 3 is 1.43 bits per heavy atom. The highest BCUT2D eigenvalue weighted by Gasteiger charge is 2.45. The third-order valence-electron chi connectivity index (χ3n) is 5.66. The Morgan fingerprint density at radius 2 is 1.11 bits per heavy atom. The SMILES string of the molecule is COc1ccc([C@@H]2c3ccccc3[C@@H](c3ccc(OC)cc3)C2C(N)=O)cc1. The van der Waals surface area contributed by atoms with E-state index in [1.54, 1.807) is 14.2 Å². The van der Waals surface area contributed by atoms with Gasteiger partial charge in [-0.05, 0) is 46.5 Å². The van der Waals surface area contributed by atoms with E-state index in [0.29, 0.717) is 0 Å². The first kappa shape index (κ1) is 18.1. The van der Waals surface area contributed by atoms with E-state index < -0.39 is 0 Å². The number of primary amides is 1. The predicted octanol–water partition coefficient (Wildman–Crippen LogP) is 4.08. The van der Waals surface area contributed by atoms with E-state index >= 15 is 0 Å². The largest absolute Gasteiger partial charge is 0.497 e. The van der Waals surface area contributed by atoms with Gasteiger partial charge >= 0.3 is 0 Å². The first-order valence-corrected chi connectivity index (χ1v) is 9.30. The van der Waals surface area contributed by atoms with Crippen LogP contribution in [0.3, 0.4) is 0 Å². The van der Waals surface area contributed by atoms with Crippen LogP contribution in [0.25, 0.3) is 0 Å². The van der Waals surface area contributed by atoms with Crippen molar-refractivity contribution in [2.24, 2.45) is 11.7 Å². The Hall–Kier alpha value is -3.27. The quantitative estimate of drug-likeness (QED) is 0.733. The van der Waals surface area contributed by atoms with Crippen LogP contribution in [-0.2, 0) is 4.79 Å². The molecule has 28 heavy (non-hydrogen) atoms. The summed E-state index contributed by atoms with van der Waals surface area (Å²) in [6.45, 7) is 0. The summed E-state index contributed by atoms with van der Waals surface area (Å²) in [5.41, 5.74) is 10.4. The Kier molecular flexibility index (Phi) is 4.78. The molecule has 2 N–H and O–H groups in total. The van der Waals surface area contributed by atoms with Gasteiger partial charge in [0.2, 0.25) is 5.91 Å². The van der Waals surface area contributed by atoms with Gasteiger partial charge in [0.05, 0.1) is 20.1 Å². The van der Waals surface area contributed by atoms with E-state index in [1.165, 1.54) is 0 Å². The van der Waals surface area contributed by atoms with E-state index in [4.69, 9.17) is 15.2 Å². The van der Waals surface area contributed by atoms with Gasteiger partial charge in [-0.25, -0.2) is 0 Å². The minimum Gasteiger partial charge on any atom is -0.497 e. The van der Waals surface area contributed by atoms with Gasteiger partial charge in [-0.15, -0.1) is 0 Å². The molecule has 142 valence electrons. The lowest BCUT2D eigenvalue weighted by molar-refractivity contribution is -0.122. The second-order valence-electron chi connectivity index (χ2n) is 7.06. The predicted molar refractivity (Wildman–Crippen MR) is 109 cm³/mol. The molecule has 1 amide bonds. The van der Waals surface area contributed by atoms with Crippen LogP contribution in [0.5, 0.6) is 11.5 Å². The molecule has 0 radical (unpaired) electrons. The van der Waals surface area contributed by atoms with Crippen molar-refractivity contribution in [2.45, 2.75) is 11.8 Å². The third-order valence-corrected chi connectivity index (χ3v) is 5.66. The zero-order valence-corrected chi connectivity index (χ0v) is 16.0. The fourth-order valence-corrected chi connectivity index (χ4v) is 4.38. The van der Waals surface area contributed by atoms with Gasteiger partial charge in [0.15, 0.2) is 0 Å². The van der Waals surface area contributed by atoms with Crippen LogP contribution in [0.1, 0.15) is 34.1 Å². The number of carbonyl (C=O) groups excluding carboxylic acids is 1. The molecule has 0 unspecified atom stereocenters. The standard InChI is InChI=1S/C24H23NO3/c1-27-17-11-7-15(8-12-17)21-19-5-3-4-6-20(19)22(23(21)24(25)26)16-9-13-18(28-2)14-10-16/h3-14,21-23H,1-2H3,(H2,25,26)/t21-,22-/m1/s1. The van der Waals surface area contributed by atoms with E-state index in [1.807, 2.05) is 60.7 Å². The van der Waals surface area contributed by atoms with E-state index in [-0.39, 0.29) is 23.7 Å². The number of fused-ring (bicyclic) bond motifs is 1. The molecule has 2 atom stereocenters. The number of benzene rings is 3. The van der Waals surface area contributed by atoms with Crippen molar-refractivity contribution in [3.05, 3.63) is 95.1 Å². The average Bonchev–Trinajstić information content (AvgIpc) is 3.09. The molecule has 0 saturated heterocycles. The van der Waals surface area contributed by atoms with Gasteiger partial charge in [0.25, 0.3) is 0 Å². The smallest absolute Gasteiger partial charge is 0.222 e. The molecule has 0 aromatic heterocycles. The Labute approximate surface area is 164 Å². The molecule has 4 heteroatoms. The maximum absolute atomic E-state index is 12.7. The Balaban J connectivity index is 1.85. The van der Waals surface area contributed by atoms with Crippen molar-refractivity contribution >= 4 is 5.91 Å². The van der Waals surface area contributed by atoms with Crippen molar-refractivity contribution in [2.75, 3.05) is 14.2 Å². The maximum atomic E-state index is 12.7. The van der Waals surface area contributed by atoms with Gasteiger partial charge in [0, 0.05) is 11.8 Å². The summed E-state index contributed by atoms with van der Waals surface area (Å²) in [6, 6.07) is 24.0. The molecule has 0 fully saturated rings. The van der Waals surface area contributed by atoms with Gasteiger partial charge in [-0.3, -0.25) is 4.79 Å². The number of amides is 1. The molecule has 0 aliphatic heterocycles. The van der Waals surface area contributed by atoms with Gasteiger partial charge in [-0.2, -0.15) is 0 Å². The molecule has 4 nitrogen and oxygen atoms in total. The van der Waals surface area contributed by atoms with E-state index in [9.17, 15) is 4.79 Å². The summed E-state index contributed by atoms with van der Waals surface area (Å²) < 4.78 is 10.6. The Bertz CT molecular complexity index is 905. The van der Waals surface area contributed by atoms with E-state index in [0.717, 1.165) is 33.8 Å². The number of carbonyl (C=O) groups is 1. The van der Waals surface area contributed by atoms with Crippen LogP contribution >= 0.6 is 0 Å².